The highest BCUT2D eigenvalue weighted by molar-refractivity contribution is 5.96. The van der Waals surface area contributed by atoms with Gasteiger partial charge in [0, 0.05) is 18.3 Å². The van der Waals surface area contributed by atoms with Gasteiger partial charge in [-0.1, -0.05) is 6.42 Å². The summed E-state index contributed by atoms with van der Waals surface area (Å²) >= 11 is 0. The second-order valence-electron chi connectivity index (χ2n) is 5.42. The van der Waals surface area contributed by atoms with Crippen molar-refractivity contribution >= 4 is 17.3 Å². The van der Waals surface area contributed by atoms with Gasteiger partial charge in [0.25, 0.3) is 0 Å². The van der Waals surface area contributed by atoms with Gasteiger partial charge >= 0.3 is 5.97 Å². The number of carbonyl (C=O) groups excluding carboxylic acids is 1. The van der Waals surface area contributed by atoms with E-state index >= 15 is 0 Å². The molecule has 0 saturated carbocycles. The Morgan fingerprint density at radius 1 is 1.52 bits per heavy atom. The zero-order valence-electron chi connectivity index (χ0n) is 12.5. The lowest BCUT2D eigenvalue weighted by atomic mass is 10.0. The Bertz CT molecular complexity index is 522. The number of halogens is 1. The molecule has 0 radical (unpaired) electrons. The molecular weight excluding hydrogens is 273 g/mol. The standard InChI is InChI=1S/C15H22FN3O2/c1-19-6-4-3-5-10(19)9-18-14-7-11(15(20)21-2)13(17)8-12(14)16/h7-8,10,18H,3-6,9,17H2,1-2H3. The number of hydrogen-bond donors (Lipinski definition) is 2. The molecule has 1 unspecified atom stereocenters. The van der Waals surface area contributed by atoms with E-state index in [1.807, 2.05) is 0 Å². The summed E-state index contributed by atoms with van der Waals surface area (Å²) in [6, 6.07) is 2.94. The van der Waals surface area contributed by atoms with Crippen LogP contribution in [-0.2, 0) is 4.74 Å². The van der Waals surface area contributed by atoms with Crippen LogP contribution in [0.25, 0.3) is 0 Å². The van der Waals surface area contributed by atoms with Crippen LogP contribution in [0.5, 0.6) is 0 Å². The van der Waals surface area contributed by atoms with E-state index in [0.29, 0.717) is 12.6 Å². The normalized spacial score (nSPS) is 19.3. The van der Waals surface area contributed by atoms with Gasteiger partial charge in [0.1, 0.15) is 5.82 Å². The molecule has 0 spiro atoms. The first-order chi connectivity index (χ1) is 10.0. The van der Waals surface area contributed by atoms with E-state index in [-0.39, 0.29) is 16.9 Å². The molecule has 0 bridgehead atoms. The number of likely N-dealkylation sites (N-methyl/N-ethyl adjacent to an activating group) is 1. The summed E-state index contributed by atoms with van der Waals surface area (Å²) in [5, 5.41) is 3.08. The number of rotatable bonds is 4. The van der Waals surface area contributed by atoms with Gasteiger partial charge in [-0.15, -0.1) is 0 Å². The lowest BCUT2D eigenvalue weighted by Gasteiger charge is -2.32. The summed E-state index contributed by atoms with van der Waals surface area (Å²) < 4.78 is 18.6. The summed E-state index contributed by atoms with van der Waals surface area (Å²) in [5.41, 5.74) is 6.19. The smallest absolute Gasteiger partial charge is 0.340 e. The van der Waals surface area contributed by atoms with Crippen LogP contribution < -0.4 is 11.1 Å². The molecule has 1 aliphatic heterocycles. The van der Waals surface area contributed by atoms with E-state index in [1.54, 1.807) is 0 Å². The molecular formula is C15H22FN3O2. The van der Waals surface area contributed by atoms with E-state index in [0.717, 1.165) is 19.0 Å². The molecule has 0 amide bonds. The van der Waals surface area contributed by atoms with E-state index in [1.165, 1.54) is 26.0 Å². The van der Waals surface area contributed by atoms with E-state index in [2.05, 4.69) is 22.0 Å². The van der Waals surface area contributed by atoms with E-state index in [4.69, 9.17) is 5.73 Å². The SMILES string of the molecule is COC(=O)c1cc(NCC2CCCCN2C)c(F)cc1N. The molecule has 0 aromatic heterocycles. The number of hydrogen-bond acceptors (Lipinski definition) is 5. The number of nitrogens with one attached hydrogen (secondary N) is 1. The van der Waals surface area contributed by atoms with Crippen molar-refractivity contribution in [3.63, 3.8) is 0 Å². The molecule has 1 atom stereocenters. The maximum absolute atomic E-state index is 13.9. The molecule has 1 aromatic rings. The number of ether oxygens (including phenoxy) is 1. The van der Waals surface area contributed by atoms with Crippen molar-refractivity contribution < 1.29 is 13.9 Å². The highest BCUT2D eigenvalue weighted by atomic mass is 19.1. The Morgan fingerprint density at radius 2 is 2.29 bits per heavy atom. The lowest BCUT2D eigenvalue weighted by Crippen LogP contribution is -2.40. The molecule has 1 fully saturated rings. The van der Waals surface area contributed by atoms with Crippen LogP contribution in [0, 0.1) is 5.82 Å². The third-order valence-corrected chi connectivity index (χ3v) is 3.99. The maximum Gasteiger partial charge on any atom is 0.340 e. The van der Waals surface area contributed by atoms with Gasteiger partial charge < -0.3 is 20.7 Å². The zero-order chi connectivity index (χ0) is 15.4. The van der Waals surface area contributed by atoms with E-state index < -0.39 is 11.8 Å². The average Bonchev–Trinajstić information content (AvgIpc) is 2.47. The largest absolute Gasteiger partial charge is 0.465 e. The van der Waals surface area contributed by atoms with Crippen LogP contribution >= 0.6 is 0 Å². The number of benzene rings is 1. The van der Waals surface area contributed by atoms with Gasteiger partial charge in [-0.25, -0.2) is 9.18 Å². The number of carbonyl (C=O) groups is 1. The predicted molar refractivity (Wildman–Crippen MR) is 80.9 cm³/mol. The van der Waals surface area contributed by atoms with Crippen molar-refractivity contribution in [2.75, 3.05) is 38.3 Å². The molecule has 1 aromatic carbocycles. The van der Waals surface area contributed by atoms with Gasteiger partial charge in [-0.3, -0.25) is 0 Å². The lowest BCUT2D eigenvalue weighted by molar-refractivity contribution is 0.0602. The van der Waals surface area contributed by atoms with Gasteiger partial charge in [0.05, 0.1) is 18.4 Å². The number of piperidine rings is 1. The summed E-state index contributed by atoms with van der Waals surface area (Å²) in [7, 11) is 3.35. The average molecular weight is 295 g/mol. The molecule has 1 saturated heterocycles. The number of likely N-dealkylation sites (tertiary alicyclic amines) is 1. The molecule has 6 heteroatoms. The van der Waals surface area contributed by atoms with Crippen LogP contribution in [0.15, 0.2) is 12.1 Å². The molecule has 0 aliphatic carbocycles. The van der Waals surface area contributed by atoms with Gasteiger partial charge in [-0.05, 0) is 38.6 Å². The molecule has 2 rings (SSSR count). The first-order valence-corrected chi connectivity index (χ1v) is 7.14. The molecule has 5 nitrogen and oxygen atoms in total. The molecule has 3 N–H and O–H groups in total. The maximum atomic E-state index is 13.9. The third-order valence-electron chi connectivity index (χ3n) is 3.99. The number of methoxy groups -OCH3 is 1. The van der Waals surface area contributed by atoms with Crippen molar-refractivity contribution in [2.24, 2.45) is 0 Å². The number of esters is 1. The first kappa shape index (κ1) is 15.6. The fourth-order valence-corrected chi connectivity index (χ4v) is 2.64. The van der Waals surface area contributed by atoms with E-state index in [9.17, 15) is 9.18 Å². The molecule has 21 heavy (non-hydrogen) atoms. The summed E-state index contributed by atoms with van der Waals surface area (Å²) in [4.78, 5) is 13.9. The zero-order valence-corrected chi connectivity index (χ0v) is 12.5. The Balaban J connectivity index is 2.10. The number of nitrogen functional groups attached to an aromatic ring is 1. The van der Waals surface area contributed by atoms with Gasteiger partial charge in [-0.2, -0.15) is 0 Å². The Labute approximate surface area is 124 Å². The second-order valence-corrected chi connectivity index (χ2v) is 5.42. The predicted octanol–water partition coefficient (Wildman–Crippen LogP) is 2.09. The monoisotopic (exact) mass is 295 g/mol. The summed E-state index contributed by atoms with van der Waals surface area (Å²) in [6.07, 6.45) is 3.48. The van der Waals surface area contributed by atoms with Crippen molar-refractivity contribution in [1.82, 2.24) is 4.90 Å². The molecule has 1 aliphatic rings. The number of anilines is 2. The number of nitrogens with two attached hydrogens (primary N) is 1. The van der Waals surface area contributed by atoms with Crippen molar-refractivity contribution in [2.45, 2.75) is 25.3 Å². The first-order valence-electron chi connectivity index (χ1n) is 7.14. The van der Waals surface area contributed by atoms with Crippen LogP contribution in [0.1, 0.15) is 29.6 Å². The Morgan fingerprint density at radius 3 is 2.95 bits per heavy atom. The minimum Gasteiger partial charge on any atom is -0.465 e. The third kappa shape index (κ3) is 3.64. The van der Waals surface area contributed by atoms with Crippen LogP contribution in [0.2, 0.25) is 0 Å². The van der Waals surface area contributed by atoms with Crippen molar-refractivity contribution in [1.29, 1.82) is 0 Å². The van der Waals surface area contributed by atoms with Gasteiger partial charge in [0.2, 0.25) is 0 Å². The molecule has 1 heterocycles. The van der Waals surface area contributed by atoms with Crippen molar-refractivity contribution in [3.05, 3.63) is 23.5 Å². The minimum atomic E-state index is -0.565. The van der Waals surface area contributed by atoms with Gasteiger partial charge in [0.15, 0.2) is 0 Å². The topological polar surface area (TPSA) is 67.6 Å². The fourth-order valence-electron chi connectivity index (χ4n) is 2.64. The summed E-state index contributed by atoms with van der Waals surface area (Å²) in [5.74, 6) is -1.02. The quantitative estimate of drug-likeness (QED) is 0.657. The Kier molecular flexibility index (Phi) is 5.01. The molecule has 116 valence electrons. The fraction of sp³-hybridized carbons (Fsp3) is 0.533. The van der Waals surface area contributed by atoms with Crippen molar-refractivity contribution in [3.8, 4) is 0 Å². The summed E-state index contributed by atoms with van der Waals surface area (Å²) in [6.45, 7) is 1.70. The number of nitrogens with zero attached hydrogens (tertiary/aromatic N) is 1. The highest BCUT2D eigenvalue weighted by Crippen LogP contribution is 2.24. The van der Waals surface area contributed by atoms with Crippen LogP contribution in [0.3, 0.4) is 0 Å². The second kappa shape index (κ2) is 6.76. The highest BCUT2D eigenvalue weighted by Gasteiger charge is 2.20. The van der Waals surface area contributed by atoms with Crippen LogP contribution in [0.4, 0.5) is 15.8 Å². The van der Waals surface area contributed by atoms with Crippen LogP contribution in [-0.4, -0.2) is 44.2 Å². The minimum absolute atomic E-state index is 0.0830. The Hall–Kier alpha value is -1.82.